The molecule has 11 heteroatoms. The molecule has 1 aromatic carbocycles. The zero-order valence-electron chi connectivity index (χ0n) is 22.1. The molecule has 1 saturated carbocycles. The molecular formula is C26H35FN4O4S2. The van der Waals surface area contributed by atoms with Crippen LogP contribution in [-0.2, 0) is 29.9 Å². The van der Waals surface area contributed by atoms with Crippen molar-refractivity contribution >= 4 is 33.4 Å². The lowest BCUT2D eigenvalue weighted by Gasteiger charge is -2.35. The summed E-state index contributed by atoms with van der Waals surface area (Å²) in [5.41, 5.74) is 2.20. The summed E-state index contributed by atoms with van der Waals surface area (Å²) in [6, 6.07) is 4.79. The molecule has 1 aliphatic heterocycles. The van der Waals surface area contributed by atoms with Gasteiger partial charge in [0.25, 0.3) is 11.8 Å². The molecule has 1 fully saturated rings. The quantitative estimate of drug-likeness (QED) is 0.487. The summed E-state index contributed by atoms with van der Waals surface area (Å²) in [6.45, 7) is 5.85. The molecule has 0 atom stereocenters. The first-order chi connectivity index (χ1) is 17.3. The molecule has 202 valence electrons. The number of hydrogen-bond acceptors (Lipinski definition) is 6. The molecule has 0 spiro atoms. The van der Waals surface area contributed by atoms with Crippen LogP contribution >= 0.6 is 11.8 Å². The molecule has 0 radical (unpaired) electrons. The molecule has 2 aliphatic rings. The summed E-state index contributed by atoms with van der Waals surface area (Å²) in [7, 11) is -1.87. The molecule has 2 heterocycles. The van der Waals surface area contributed by atoms with Gasteiger partial charge >= 0.3 is 0 Å². The fraction of sp³-hybridized carbons (Fsp3) is 0.577. The molecule has 4 rings (SSSR count). The van der Waals surface area contributed by atoms with Gasteiger partial charge in [0, 0.05) is 32.2 Å². The summed E-state index contributed by atoms with van der Waals surface area (Å²) in [5, 5.41) is 7.08. The van der Waals surface area contributed by atoms with Crippen LogP contribution in [0.1, 0.15) is 70.8 Å². The van der Waals surface area contributed by atoms with Crippen LogP contribution in [-0.4, -0.2) is 69.5 Å². The Kier molecular flexibility index (Phi) is 7.51. The highest BCUT2D eigenvalue weighted by atomic mass is 32.2. The van der Waals surface area contributed by atoms with Gasteiger partial charge in [-0.25, -0.2) is 12.8 Å². The molecule has 8 nitrogen and oxygen atoms in total. The number of amides is 2. The van der Waals surface area contributed by atoms with Crippen molar-refractivity contribution in [3.63, 3.8) is 0 Å². The zero-order chi connectivity index (χ0) is 27.2. The molecule has 1 N–H and O–H groups in total. The Morgan fingerprint density at radius 2 is 2.00 bits per heavy atom. The normalized spacial score (nSPS) is 17.0. The van der Waals surface area contributed by atoms with E-state index in [0.29, 0.717) is 54.6 Å². The third kappa shape index (κ3) is 5.04. The van der Waals surface area contributed by atoms with Crippen LogP contribution in [0.25, 0.3) is 0 Å². The predicted molar refractivity (Wildman–Crippen MR) is 143 cm³/mol. The van der Waals surface area contributed by atoms with E-state index in [-0.39, 0.29) is 30.5 Å². The average Bonchev–Trinajstić information content (AvgIpc) is 3.56. The van der Waals surface area contributed by atoms with E-state index in [4.69, 9.17) is 0 Å². The smallest absolute Gasteiger partial charge is 0.272 e. The van der Waals surface area contributed by atoms with Gasteiger partial charge in [-0.15, -0.1) is 0 Å². The van der Waals surface area contributed by atoms with Gasteiger partial charge in [0.05, 0.1) is 9.49 Å². The van der Waals surface area contributed by atoms with Crippen LogP contribution in [0.3, 0.4) is 0 Å². The first-order valence-electron chi connectivity index (χ1n) is 12.4. The van der Waals surface area contributed by atoms with Crippen molar-refractivity contribution in [3.05, 3.63) is 52.1 Å². The van der Waals surface area contributed by atoms with E-state index in [1.807, 2.05) is 6.26 Å². The van der Waals surface area contributed by atoms with E-state index in [2.05, 4.69) is 10.4 Å². The van der Waals surface area contributed by atoms with Crippen molar-refractivity contribution in [3.8, 4) is 0 Å². The van der Waals surface area contributed by atoms with E-state index in [1.165, 1.54) is 10.7 Å². The van der Waals surface area contributed by atoms with Gasteiger partial charge in [0.1, 0.15) is 11.5 Å². The minimum Gasteiger partial charge on any atom is -0.347 e. The average molecular weight is 551 g/mol. The fourth-order valence-electron chi connectivity index (χ4n) is 4.98. The third-order valence-corrected chi connectivity index (χ3v) is 11.6. The maximum absolute atomic E-state index is 13.8. The maximum Gasteiger partial charge on any atom is 0.272 e. The molecule has 2 aromatic rings. The minimum atomic E-state index is -3.48. The number of aromatic nitrogens is 2. The number of aryl methyl sites for hydroxylation is 2. The highest BCUT2D eigenvalue weighted by molar-refractivity contribution is 7.98. The second kappa shape index (κ2) is 10.1. The summed E-state index contributed by atoms with van der Waals surface area (Å²) >= 11 is 1.63. The Bertz CT molecular complexity index is 1330. The first kappa shape index (κ1) is 27.6. The monoisotopic (exact) mass is 550 g/mol. The van der Waals surface area contributed by atoms with Gasteiger partial charge in [-0.05, 0) is 75.7 Å². The fourth-order valence-corrected chi connectivity index (χ4v) is 8.34. The van der Waals surface area contributed by atoms with Crippen molar-refractivity contribution in [2.75, 3.05) is 25.1 Å². The standard InChI is InChI=1S/C26H35FN4O4S2/c1-17-6-7-18(14-20(17)27)15-28-23(32)21-19-8-12-31(24(33)22(19)30(4)29-21)16-26(9-10-26)37(34,35)25(2,3)11-13-36-5/h6-7,14H,8-13,15-16H2,1-5H3,(H,28,32). The van der Waals surface area contributed by atoms with E-state index in [0.717, 1.165) is 5.75 Å². The van der Waals surface area contributed by atoms with Gasteiger partial charge in [-0.1, -0.05) is 12.1 Å². The van der Waals surface area contributed by atoms with Crippen molar-refractivity contribution < 1.29 is 22.4 Å². The number of thioether (sulfide) groups is 1. The Hall–Kier alpha value is -2.40. The first-order valence-corrected chi connectivity index (χ1v) is 15.3. The number of benzene rings is 1. The second-order valence-corrected chi connectivity index (χ2v) is 14.7. The summed E-state index contributed by atoms with van der Waals surface area (Å²) in [6.07, 6.45) is 4.03. The number of halogens is 1. The van der Waals surface area contributed by atoms with Gasteiger partial charge in [-0.3, -0.25) is 14.3 Å². The Morgan fingerprint density at radius 3 is 2.62 bits per heavy atom. The molecule has 0 saturated heterocycles. The molecule has 0 bridgehead atoms. The SMILES string of the molecule is CSCCC(C)(C)S(=O)(=O)C1(CN2CCc3c(C(=O)NCc4ccc(C)c(F)c4)nn(C)c3C2=O)CC1. The van der Waals surface area contributed by atoms with Crippen LogP contribution in [0.4, 0.5) is 4.39 Å². The zero-order valence-corrected chi connectivity index (χ0v) is 23.7. The number of carbonyl (C=O) groups is 2. The highest BCUT2D eigenvalue weighted by Gasteiger charge is 2.60. The van der Waals surface area contributed by atoms with Gasteiger partial charge in [0.2, 0.25) is 0 Å². The maximum atomic E-state index is 13.8. The largest absolute Gasteiger partial charge is 0.347 e. The van der Waals surface area contributed by atoms with Gasteiger partial charge in [-0.2, -0.15) is 16.9 Å². The van der Waals surface area contributed by atoms with Gasteiger partial charge < -0.3 is 10.2 Å². The lowest BCUT2D eigenvalue weighted by atomic mass is 10.0. The third-order valence-electron chi connectivity index (χ3n) is 7.66. The van der Waals surface area contributed by atoms with Crippen LogP contribution in [0.5, 0.6) is 0 Å². The molecular weight excluding hydrogens is 515 g/mol. The van der Waals surface area contributed by atoms with Crippen molar-refractivity contribution in [1.29, 1.82) is 0 Å². The summed E-state index contributed by atoms with van der Waals surface area (Å²) in [5.74, 6) is -0.321. The molecule has 1 aliphatic carbocycles. The molecule has 0 unspecified atom stereocenters. The van der Waals surface area contributed by atoms with Crippen LogP contribution < -0.4 is 5.32 Å². The van der Waals surface area contributed by atoms with E-state index in [1.54, 1.807) is 56.6 Å². The van der Waals surface area contributed by atoms with Crippen LogP contribution in [0.2, 0.25) is 0 Å². The van der Waals surface area contributed by atoms with Crippen LogP contribution in [0, 0.1) is 12.7 Å². The minimum absolute atomic E-state index is 0.133. The molecule has 1 aromatic heterocycles. The number of carbonyl (C=O) groups excluding carboxylic acids is 2. The van der Waals surface area contributed by atoms with Crippen LogP contribution in [0.15, 0.2) is 18.2 Å². The number of fused-ring (bicyclic) bond motifs is 1. The molecule has 2 amide bonds. The highest BCUT2D eigenvalue weighted by Crippen LogP contribution is 2.50. The Balaban J connectivity index is 1.49. The lowest BCUT2D eigenvalue weighted by Crippen LogP contribution is -2.50. The van der Waals surface area contributed by atoms with E-state index < -0.39 is 25.2 Å². The van der Waals surface area contributed by atoms with Crippen molar-refractivity contribution in [1.82, 2.24) is 20.0 Å². The predicted octanol–water partition coefficient (Wildman–Crippen LogP) is 3.28. The second-order valence-electron chi connectivity index (χ2n) is 10.7. The number of hydrogen-bond donors (Lipinski definition) is 1. The number of nitrogens with one attached hydrogen (secondary N) is 1. The van der Waals surface area contributed by atoms with Gasteiger partial charge in [0.15, 0.2) is 15.5 Å². The number of nitrogens with zero attached hydrogens (tertiary/aromatic N) is 3. The molecule has 37 heavy (non-hydrogen) atoms. The Morgan fingerprint density at radius 1 is 1.30 bits per heavy atom. The van der Waals surface area contributed by atoms with E-state index >= 15 is 0 Å². The summed E-state index contributed by atoms with van der Waals surface area (Å²) in [4.78, 5) is 28.0. The Labute approximate surface area is 222 Å². The van der Waals surface area contributed by atoms with E-state index in [9.17, 15) is 22.4 Å². The number of rotatable bonds is 10. The lowest BCUT2D eigenvalue weighted by molar-refractivity contribution is 0.0724. The van der Waals surface area contributed by atoms with Crippen molar-refractivity contribution in [2.45, 2.75) is 62.5 Å². The summed E-state index contributed by atoms with van der Waals surface area (Å²) < 4.78 is 40.7. The topological polar surface area (TPSA) is 101 Å². The van der Waals surface area contributed by atoms with Crippen molar-refractivity contribution in [2.24, 2.45) is 7.05 Å². The number of sulfone groups is 1.